The van der Waals surface area contributed by atoms with Crippen LogP contribution in [0.3, 0.4) is 0 Å². The van der Waals surface area contributed by atoms with Gasteiger partial charge in [-0.15, -0.1) is 0 Å². The van der Waals surface area contributed by atoms with Gasteiger partial charge in [-0.3, -0.25) is 4.68 Å². The average Bonchev–Trinajstić information content (AvgIpc) is 2.69. The molecule has 0 aromatic carbocycles. The van der Waals surface area contributed by atoms with E-state index in [-0.39, 0.29) is 10.7 Å². The second-order valence-electron chi connectivity index (χ2n) is 4.06. The fourth-order valence-electron chi connectivity index (χ4n) is 1.59. The maximum atomic E-state index is 10.9. The summed E-state index contributed by atoms with van der Waals surface area (Å²) in [6, 6.07) is 3.15. The first-order valence-corrected chi connectivity index (χ1v) is 5.98. The van der Waals surface area contributed by atoms with Gasteiger partial charge in [-0.25, -0.2) is 9.78 Å². The van der Waals surface area contributed by atoms with Gasteiger partial charge in [-0.1, -0.05) is 11.6 Å². The van der Waals surface area contributed by atoms with Crippen LogP contribution in [0.5, 0.6) is 0 Å². The van der Waals surface area contributed by atoms with E-state index in [0.717, 1.165) is 11.3 Å². The lowest BCUT2D eigenvalue weighted by Crippen LogP contribution is -2.07. The van der Waals surface area contributed by atoms with Crippen LogP contribution >= 0.6 is 11.6 Å². The monoisotopic (exact) mass is 280 g/mol. The highest BCUT2D eigenvalue weighted by Crippen LogP contribution is 2.17. The lowest BCUT2D eigenvalue weighted by atomic mass is 10.2. The van der Waals surface area contributed by atoms with Crippen molar-refractivity contribution in [2.75, 3.05) is 5.32 Å². The van der Waals surface area contributed by atoms with Crippen LogP contribution in [0.25, 0.3) is 0 Å². The Balaban J connectivity index is 2.14. The van der Waals surface area contributed by atoms with E-state index >= 15 is 0 Å². The SMILES string of the molecule is Cc1c(CNc2ccc(Cl)c(C(=O)O)n2)cnn1C. The molecular weight excluding hydrogens is 268 g/mol. The number of carboxylic acid groups (broad SMARTS) is 1. The Labute approximate surface area is 115 Å². The Morgan fingerprint density at radius 2 is 2.26 bits per heavy atom. The molecule has 0 spiro atoms. The highest BCUT2D eigenvalue weighted by Gasteiger charge is 2.11. The van der Waals surface area contributed by atoms with Gasteiger partial charge >= 0.3 is 5.97 Å². The van der Waals surface area contributed by atoms with Crippen LogP contribution in [-0.4, -0.2) is 25.8 Å². The molecule has 2 heterocycles. The summed E-state index contributed by atoms with van der Waals surface area (Å²) in [5.41, 5.74) is 1.91. The number of aromatic carboxylic acids is 1. The van der Waals surface area contributed by atoms with Gasteiger partial charge in [0.1, 0.15) is 5.82 Å². The molecule has 0 saturated heterocycles. The number of hydrogen-bond acceptors (Lipinski definition) is 4. The smallest absolute Gasteiger partial charge is 0.356 e. The topological polar surface area (TPSA) is 80.0 Å². The molecule has 0 fully saturated rings. The Hall–Kier alpha value is -2.08. The number of rotatable bonds is 4. The molecule has 6 nitrogen and oxygen atoms in total. The number of aryl methyl sites for hydroxylation is 1. The summed E-state index contributed by atoms with van der Waals surface area (Å²) in [7, 11) is 1.86. The number of halogens is 1. The summed E-state index contributed by atoms with van der Waals surface area (Å²) >= 11 is 5.75. The zero-order valence-electron chi connectivity index (χ0n) is 10.5. The minimum absolute atomic E-state index is 0.121. The Morgan fingerprint density at radius 3 is 2.84 bits per heavy atom. The number of anilines is 1. The molecular formula is C12H13ClN4O2. The maximum Gasteiger partial charge on any atom is 0.356 e. The fourth-order valence-corrected chi connectivity index (χ4v) is 1.78. The van der Waals surface area contributed by atoms with Crippen molar-refractivity contribution in [2.45, 2.75) is 13.5 Å². The van der Waals surface area contributed by atoms with E-state index in [4.69, 9.17) is 16.7 Å². The molecule has 0 bridgehead atoms. The van der Waals surface area contributed by atoms with Gasteiger partial charge in [0.15, 0.2) is 5.69 Å². The molecule has 2 N–H and O–H groups in total. The summed E-state index contributed by atoms with van der Waals surface area (Å²) in [4.78, 5) is 14.9. The van der Waals surface area contributed by atoms with Gasteiger partial charge in [0, 0.05) is 24.8 Å². The number of pyridine rings is 1. The summed E-state index contributed by atoms with van der Waals surface area (Å²) in [6.45, 7) is 2.48. The fraction of sp³-hybridized carbons (Fsp3) is 0.250. The molecule has 0 aliphatic carbocycles. The molecule has 19 heavy (non-hydrogen) atoms. The first-order chi connectivity index (χ1) is 8.99. The minimum Gasteiger partial charge on any atom is -0.476 e. The first kappa shape index (κ1) is 13.4. The number of nitrogens with one attached hydrogen (secondary N) is 1. The van der Waals surface area contributed by atoms with Crippen molar-refractivity contribution in [3.05, 3.63) is 40.3 Å². The molecule has 0 saturated carbocycles. The van der Waals surface area contributed by atoms with Crippen LogP contribution in [0.15, 0.2) is 18.3 Å². The summed E-state index contributed by atoms with van der Waals surface area (Å²) < 4.78 is 1.77. The lowest BCUT2D eigenvalue weighted by molar-refractivity contribution is 0.0691. The van der Waals surface area contributed by atoms with E-state index in [1.807, 2.05) is 14.0 Å². The molecule has 2 aromatic heterocycles. The van der Waals surface area contributed by atoms with E-state index < -0.39 is 5.97 Å². The quantitative estimate of drug-likeness (QED) is 0.896. The number of carbonyl (C=O) groups is 1. The predicted molar refractivity (Wildman–Crippen MR) is 71.5 cm³/mol. The third-order valence-corrected chi connectivity index (χ3v) is 3.15. The average molecular weight is 281 g/mol. The minimum atomic E-state index is -1.15. The van der Waals surface area contributed by atoms with E-state index in [9.17, 15) is 4.79 Å². The van der Waals surface area contributed by atoms with Gasteiger partial charge < -0.3 is 10.4 Å². The number of carboxylic acids is 1. The van der Waals surface area contributed by atoms with Crippen molar-refractivity contribution < 1.29 is 9.90 Å². The third-order valence-electron chi connectivity index (χ3n) is 2.85. The van der Waals surface area contributed by atoms with Gasteiger partial charge in [0.05, 0.1) is 11.2 Å². The standard InChI is InChI=1S/C12H13ClN4O2/c1-7-8(6-15-17(7)2)5-14-10-4-3-9(13)11(16-10)12(18)19/h3-4,6H,5H2,1-2H3,(H,14,16)(H,18,19). The van der Waals surface area contributed by atoms with Gasteiger partial charge in [0.25, 0.3) is 0 Å². The number of aromatic nitrogens is 3. The molecule has 2 aromatic rings. The van der Waals surface area contributed by atoms with Crippen LogP contribution in [0.4, 0.5) is 5.82 Å². The molecule has 0 unspecified atom stereocenters. The van der Waals surface area contributed by atoms with Crippen molar-refractivity contribution in [1.82, 2.24) is 14.8 Å². The number of hydrogen-bond donors (Lipinski definition) is 2. The van der Waals surface area contributed by atoms with Gasteiger partial charge in [-0.05, 0) is 19.1 Å². The van der Waals surface area contributed by atoms with E-state index in [1.165, 1.54) is 6.07 Å². The van der Waals surface area contributed by atoms with Crippen molar-refractivity contribution in [3.8, 4) is 0 Å². The molecule has 2 rings (SSSR count). The second kappa shape index (κ2) is 5.27. The molecule has 100 valence electrons. The molecule has 0 radical (unpaired) electrons. The highest BCUT2D eigenvalue weighted by atomic mass is 35.5. The number of nitrogens with zero attached hydrogens (tertiary/aromatic N) is 3. The Bertz CT molecular complexity index is 624. The second-order valence-corrected chi connectivity index (χ2v) is 4.47. The lowest BCUT2D eigenvalue weighted by Gasteiger charge is -2.07. The predicted octanol–water partition coefficient (Wildman–Crippen LogP) is 2.09. The molecule has 0 aliphatic heterocycles. The van der Waals surface area contributed by atoms with Crippen molar-refractivity contribution in [3.63, 3.8) is 0 Å². The maximum absolute atomic E-state index is 10.9. The van der Waals surface area contributed by atoms with Crippen LogP contribution in [0.1, 0.15) is 21.7 Å². The summed E-state index contributed by atoms with van der Waals surface area (Å²) in [6.07, 6.45) is 1.76. The molecule has 0 amide bonds. The van der Waals surface area contributed by atoms with Crippen LogP contribution in [0, 0.1) is 6.92 Å². The van der Waals surface area contributed by atoms with Crippen molar-refractivity contribution in [1.29, 1.82) is 0 Å². The summed E-state index contributed by atoms with van der Waals surface area (Å²) in [5, 5.41) is 16.2. The molecule has 7 heteroatoms. The van der Waals surface area contributed by atoms with Crippen LogP contribution < -0.4 is 5.32 Å². The highest BCUT2D eigenvalue weighted by molar-refractivity contribution is 6.33. The van der Waals surface area contributed by atoms with Crippen molar-refractivity contribution >= 4 is 23.4 Å². The van der Waals surface area contributed by atoms with Crippen molar-refractivity contribution in [2.24, 2.45) is 7.05 Å². The third kappa shape index (κ3) is 2.85. The van der Waals surface area contributed by atoms with Crippen LogP contribution in [0.2, 0.25) is 5.02 Å². The zero-order chi connectivity index (χ0) is 14.0. The normalized spacial score (nSPS) is 10.5. The van der Waals surface area contributed by atoms with Gasteiger partial charge in [-0.2, -0.15) is 5.10 Å². The first-order valence-electron chi connectivity index (χ1n) is 5.60. The Kier molecular flexibility index (Phi) is 3.71. The van der Waals surface area contributed by atoms with E-state index in [0.29, 0.717) is 12.4 Å². The molecule has 0 atom stereocenters. The Morgan fingerprint density at radius 1 is 1.53 bits per heavy atom. The zero-order valence-corrected chi connectivity index (χ0v) is 11.3. The van der Waals surface area contributed by atoms with E-state index in [2.05, 4.69) is 15.4 Å². The van der Waals surface area contributed by atoms with E-state index in [1.54, 1.807) is 16.9 Å². The van der Waals surface area contributed by atoms with Crippen LogP contribution in [-0.2, 0) is 13.6 Å². The molecule has 0 aliphatic rings. The largest absolute Gasteiger partial charge is 0.476 e. The summed E-state index contributed by atoms with van der Waals surface area (Å²) in [5.74, 6) is -0.684. The van der Waals surface area contributed by atoms with Gasteiger partial charge in [0.2, 0.25) is 0 Å².